The van der Waals surface area contributed by atoms with Crippen LogP contribution >= 0.6 is 0 Å². The summed E-state index contributed by atoms with van der Waals surface area (Å²) in [6.07, 6.45) is 3.35. The number of nitrogens with zero attached hydrogens (tertiary/aromatic N) is 5. The van der Waals surface area contributed by atoms with Gasteiger partial charge >= 0.3 is 0 Å². The molecule has 7 nitrogen and oxygen atoms in total. The molecule has 3 heterocycles. The summed E-state index contributed by atoms with van der Waals surface area (Å²) in [5.41, 5.74) is 2.69. The molecule has 0 atom stereocenters. The summed E-state index contributed by atoms with van der Waals surface area (Å²) in [7, 11) is 0. The molecule has 0 aliphatic rings. The Morgan fingerprint density at radius 3 is 2.71 bits per heavy atom. The van der Waals surface area contributed by atoms with Gasteiger partial charge in [0, 0.05) is 17.4 Å². The van der Waals surface area contributed by atoms with Crippen molar-refractivity contribution in [1.29, 1.82) is 0 Å². The molecule has 0 saturated heterocycles. The molecule has 0 radical (unpaired) electrons. The zero-order chi connectivity index (χ0) is 14.1. The van der Waals surface area contributed by atoms with Crippen LogP contribution in [0.1, 0.15) is 0 Å². The number of fused-ring (bicyclic) bond motifs is 1. The van der Waals surface area contributed by atoms with Crippen molar-refractivity contribution in [3.05, 3.63) is 55.0 Å². The van der Waals surface area contributed by atoms with Gasteiger partial charge in [0.25, 0.3) is 0 Å². The minimum Gasteiger partial charge on any atom is -0.323 e. The van der Waals surface area contributed by atoms with Gasteiger partial charge in [-0.2, -0.15) is 10.1 Å². The molecule has 2 N–H and O–H groups in total. The van der Waals surface area contributed by atoms with Gasteiger partial charge in [-0.05, 0) is 36.4 Å². The normalized spacial score (nSPS) is 10.9. The highest BCUT2D eigenvalue weighted by atomic mass is 15.3. The number of hydrogen-bond acceptors (Lipinski definition) is 5. The second kappa shape index (κ2) is 4.71. The number of rotatable bonds is 3. The molecule has 0 bridgehead atoms. The Bertz CT molecular complexity index is 829. The third kappa shape index (κ3) is 2.20. The maximum Gasteiger partial charge on any atom is 0.247 e. The van der Waals surface area contributed by atoms with Gasteiger partial charge in [0.1, 0.15) is 6.33 Å². The molecule has 102 valence electrons. The first-order valence-electron chi connectivity index (χ1n) is 6.43. The topological polar surface area (TPSA) is 83.8 Å². The van der Waals surface area contributed by atoms with E-state index in [-0.39, 0.29) is 0 Å². The van der Waals surface area contributed by atoms with E-state index >= 15 is 0 Å². The summed E-state index contributed by atoms with van der Waals surface area (Å²) < 4.78 is 1.73. The third-order valence-corrected chi connectivity index (χ3v) is 3.07. The first-order chi connectivity index (χ1) is 10.4. The predicted molar refractivity (Wildman–Crippen MR) is 78.1 cm³/mol. The van der Waals surface area contributed by atoms with Crippen molar-refractivity contribution >= 4 is 17.3 Å². The molecule has 0 saturated carbocycles. The van der Waals surface area contributed by atoms with Crippen molar-refractivity contribution in [2.45, 2.75) is 0 Å². The van der Waals surface area contributed by atoms with E-state index in [1.54, 1.807) is 4.52 Å². The van der Waals surface area contributed by atoms with Gasteiger partial charge in [-0.15, -0.1) is 5.10 Å². The summed E-state index contributed by atoms with van der Waals surface area (Å²) in [6, 6.07) is 13.6. The highest BCUT2D eigenvalue weighted by Crippen LogP contribution is 2.19. The smallest absolute Gasteiger partial charge is 0.247 e. The van der Waals surface area contributed by atoms with Crippen LogP contribution < -0.4 is 5.32 Å². The molecule has 0 aliphatic heterocycles. The second-order valence-electron chi connectivity index (χ2n) is 4.48. The van der Waals surface area contributed by atoms with Crippen LogP contribution in [0.25, 0.3) is 17.0 Å². The number of aromatic nitrogens is 6. The Labute approximate surface area is 119 Å². The van der Waals surface area contributed by atoms with Crippen LogP contribution in [0.15, 0.2) is 55.0 Å². The molecule has 4 aromatic rings. The molecule has 0 spiro atoms. The SMILES string of the molecule is c1ccn2nc(Nc3ccc(-c4ncn[nH]4)cc3)nc2c1. The Hall–Kier alpha value is -3.22. The molecule has 21 heavy (non-hydrogen) atoms. The Morgan fingerprint density at radius 1 is 1.05 bits per heavy atom. The zero-order valence-electron chi connectivity index (χ0n) is 10.9. The van der Waals surface area contributed by atoms with E-state index in [1.165, 1.54) is 6.33 Å². The number of anilines is 2. The molecule has 3 aromatic heterocycles. The van der Waals surface area contributed by atoms with Gasteiger partial charge in [-0.1, -0.05) is 6.07 Å². The van der Waals surface area contributed by atoms with E-state index in [0.29, 0.717) is 5.95 Å². The summed E-state index contributed by atoms with van der Waals surface area (Å²) in [5.74, 6) is 1.31. The van der Waals surface area contributed by atoms with Gasteiger partial charge in [0.2, 0.25) is 5.95 Å². The second-order valence-corrected chi connectivity index (χ2v) is 4.48. The van der Waals surface area contributed by atoms with E-state index in [9.17, 15) is 0 Å². The quantitative estimate of drug-likeness (QED) is 0.600. The highest BCUT2D eigenvalue weighted by molar-refractivity contribution is 5.62. The fraction of sp³-hybridized carbons (Fsp3) is 0. The van der Waals surface area contributed by atoms with Gasteiger partial charge in [-0.3, -0.25) is 5.10 Å². The number of H-pyrrole nitrogens is 1. The lowest BCUT2D eigenvalue weighted by Crippen LogP contribution is -1.93. The Kier molecular flexibility index (Phi) is 2.60. The van der Waals surface area contributed by atoms with Gasteiger partial charge in [0.05, 0.1) is 0 Å². The molecule has 1 aromatic carbocycles. The Balaban J connectivity index is 1.59. The lowest BCUT2D eigenvalue weighted by Gasteiger charge is -2.02. The van der Waals surface area contributed by atoms with Crippen molar-refractivity contribution in [3.63, 3.8) is 0 Å². The maximum atomic E-state index is 4.39. The maximum absolute atomic E-state index is 4.39. The fourth-order valence-corrected chi connectivity index (χ4v) is 2.07. The predicted octanol–water partition coefficient (Wildman–Crippen LogP) is 2.26. The minimum absolute atomic E-state index is 0.564. The number of aromatic amines is 1. The van der Waals surface area contributed by atoms with Crippen LogP contribution in [0, 0.1) is 0 Å². The molecule has 0 amide bonds. The van der Waals surface area contributed by atoms with Gasteiger partial charge in [0.15, 0.2) is 11.5 Å². The van der Waals surface area contributed by atoms with Crippen LogP contribution in [0.4, 0.5) is 11.6 Å². The average molecular weight is 277 g/mol. The molecule has 4 rings (SSSR count). The molecule has 0 aliphatic carbocycles. The van der Waals surface area contributed by atoms with Crippen LogP contribution in [-0.2, 0) is 0 Å². The van der Waals surface area contributed by atoms with E-state index in [2.05, 4.69) is 30.6 Å². The first kappa shape index (κ1) is 11.6. The third-order valence-electron chi connectivity index (χ3n) is 3.07. The van der Waals surface area contributed by atoms with E-state index in [4.69, 9.17) is 0 Å². The fourth-order valence-electron chi connectivity index (χ4n) is 2.07. The van der Waals surface area contributed by atoms with Crippen molar-refractivity contribution in [2.24, 2.45) is 0 Å². The molecule has 0 fully saturated rings. The largest absolute Gasteiger partial charge is 0.323 e. The average Bonchev–Trinajstić information content (AvgIpc) is 3.17. The first-order valence-corrected chi connectivity index (χ1v) is 6.43. The summed E-state index contributed by atoms with van der Waals surface area (Å²) in [5, 5.41) is 14.2. The number of benzene rings is 1. The standard InChI is InChI=1S/C14H11N7/c1-2-8-21-12(3-1)18-14(20-21)17-11-6-4-10(5-7-11)13-15-9-16-19-13/h1-9H,(H,17,20)(H,15,16,19). The van der Waals surface area contributed by atoms with Gasteiger partial charge < -0.3 is 5.32 Å². The highest BCUT2D eigenvalue weighted by Gasteiger charge is 2.04. The van der Waals surface area contributed by atoms with Crippen LogP contribution in [0.5, 0.6) is 0 Å². The molecule has 0 unspecified atom stereocenters. The summed E-state index contributed by atoms with van der Waals surface area (Å²) in [4.78, 5) is 8.51. The lowest BCUT2D eigenvalue weighted by molar-refractivity contribution is 0.965. The number of pyridine rings is 1. The zero-order valence-corrected chi connectivity index (χ0v) is 10.9. The lowest BCUT2D eigenvalue weighted by atomic mass is 10.2. The number of hydrogen-bond donors (Lipinski definition) is 2. The summed E-state index contributed by atoms with van der Waals surface area (Å²) in [6.45, 7) is 0. The Morgan fingerprint density at radius 2 is 1.95 bits per heavy atom. The van der Waals surface area contributed by atoms with E-state index < -0.39 is 0 Å². The van der Waals surface area contributed by atoms with Crippen molar-refractivity contribution in [1.82, 2.24) is 29.8 Å². The van der Waals surface area contributed by atoms with Crippen molar-refractivity contribution in [3.8, 4) is 11.4 Å². The van der Waals surface area contributed by atoms with Crippen LogP contribution in [-0.4, -0.2) is 29.8 Å². The van der Waals surface area contributed by atoms with Gasteiger partial charge in [-0.25, -0.2) is 9.50 Å². The molecular formula is C14H11N7. The van der Waals surface area contributed by atoms with Crippen molar-refractivity contribution < 1.29 is 0 Å². The molecular weight excluding hydrogens is 266 g/mol. The molecule has 7 heteroatoms. The van der Waals surface area contributed by atoms with Crippen molar-refractivity contribution in [2.75, 3.05) is 5.32 Å². The summed E-state index contributed by atoms with van der Waals surface area (Å²) >= 11 is 0. The van der Waals surface area contributed by atoms with E-state index in [1.807, 2.05) is 48.7 Å². The van der Waals surface area contributed by atoms with Crippen LogP contribution in [0.3, 0.4) is 0 Å². The number of nitrogens with one attached hydrogen (secondary N) is 2. The van der Waals surface area contributed by atoms with E-state index in [0.717, 1.165) is 22.7 Å². The minimum atomic E-state index is 0.564. The monoisotopic (exact) mass is 277 g/mol. The van der Waals surface area contributed by atoms with Crippen LogP contribution in [0.2, 0.25) is 0 Å².